The highest BCUT2D eigenvalue weighted by atomic mass is 19.1. The first-order valence-electron chi connectivity index (χ1n) is 11.7. The van der Waals surface area contributed by atoms with Gasteiger partial charge in [-0.3, -0.25) is 0 Å². The van der Waals surface area contributed by atoms with Gasteiger partial charge in [0.2, 0.25) is 0 Å². The average molecular weight is 462 g/mol. The smallest absolute Gasteiger partial charge is 0.159 e. The van der Waals surface area contributed by atoms with E-state index < -0.39 is 5.57 Å². The van der Waals surface area contributed by atoms with E-state index in [0.29, 0.717) is 11.4 Å². The van der Waals surface area contributed by atoms with Crippen molar-refractivity contribution in [3.8, 4) is 5.75 Å². The van der Waals surface area contributed by atoms with Crippen LogP contribution in [0.1, 0.15) is 43.8 Å². The Kier molecular flexibility index (Phi) is 6.27. The highest BCUT2D eigenvalue weighted by Crippen LogP contribution is 2.40. The highest BCUT2D eigenvalue weighted by molar-refractivity contribution is 6.35. The van der Waals surface area contributed by atoms with Crippen molar-refractivity contribution in [3.05, 3.63) is 47.3 Å². The van der Waals surface area contributed by atoms with Crippen LogP contribution in [0.25, 0.3) is 10.9 Å². The Morgan fingerprint density at radius 3 is 2.76 bits per heavy atom. The van der Waals surface area contributed by atoms with Crippen LogP contribution in [0, 0.1) is 6.92 Å². The molecule has 1 aliphatic heterocycles. The van der Waals surface area contributed by atoms with Crippen molar-refractivity contribution in [1.82, 2.24) is 9.97 Å². The van der Waals surface area contributed by atoms with E-state index in [2.05, 4.69) is 49.1 Å². The summed E-state index contributed by atoms with van der Waals surface area (Å²) >= 11 is 0. The number of anilines is 2. The second-order valence-electron chi connectivity index (χ2n) is 10.2. The minimum atomic E-state index is -1.57. The number of fused-ring (bicyclic) bond motifs is 2. The Balaban J connectivity index is 1.74. The van der Waals surface area contributed by atoms with Gasteiger partial charge in [-0.2, -0.15) is 0 Å². The number of alkyl halides is 1. The van der Waals surface area contributed by atoms with E-state index in [1.165, 1.54) is 7.11 Å². The molecule has 1 aromatic heterocycles. The molecule has 1 unspecified atom stereocenters. The number of hydrogen-bond donors (Lipinski definition) is 1. The number of halogens is 1. The number of nitrogens with zero attached hydrogens (tertiary/aromatic N) is 3. The predicted molar refractivity (Wildman–Crippen MR) is 142 cm³/mol. The monoisotopic (exact) mass is 462 g/mol. The summed E-state index contributed by atoms with van der Waals surface area (Å²) in [5.74, 6) is 2.25. The summed E-state index contributed by atoms with van der Waals surface area (Å²) in [6.07, 6.45) is 0. The molecule has 0 spiro atoms. The molecule has 1 N–H and O–H groups in total. The van der Waals surface area contributed by atoms with E-state index in [1.807, 2.05) is 39.0 Å². The normalized spacial score (nSPS) is 17.6. The first-order chi connectivity index (χ1) is 15.9. The van der Waals surface area contributed by atoms with Crippen molar-refractivity contribution in [1.29, 1.82) is 0 Å². The predicted octanol–water partition coefficient (Wildman–Crippen LogP) is 2.38. The van der Waals surface area contributed by atoms with Gasteiger partial charge in [0.1, 0.15) is 36.4 Å². The molecule has 0 fully saturated rings. The molecular weight excluding hydrogens is 429 g/mol. The molecule has 2 aromatic carbocycles. The fourth-order valence-corrected chi connectivity index (χ4v) is 5.06. The zero-order valence-corrected chi connectivity index (χ0v) is 21.4. The Hall–Kier alpha value is -2.80. The maximum absolute atomic E-state index is 15.3. The lowest BCUT2D eigenvalue weighted by Crippen LogP contribution is -2.45. The van der Waals surface area contributed by atoms with Crippen LogP contribution in [0.4, 0.5) is 15.9 Å². The van der Waals surface area contributed by atoms with Crippen molar-refractivity contribution in [2.75, 3.05) is 37.5 Å². The van der Waals surface area contributed by atoms with E-state index in [0.717, 1.165) is 45.7 Å². The third kappa shape index (κ3) is 4.58. The quantitative estimate of drug-likeness (QED) is 0.568. The van der Waals surface area contributed by atoms with E-state index >= 15 is 4.39 Å². The molecule has 0 amide bonds. The molecule has 0 radical (unpaired) electrons. The van der Waals surface area contributed by atoms with Gasteiger partial charge in [0, 0.05) is 31.7 Å². The number of benzene rings is 2. The third-order valence-electron chi connectivity index (χ3n) is 6.48. The van der Waals surface area contributed by atoms with Gasteiger partial charge in [0.25, 0.3) is 0 Å². The molecule has 9 heteroatoms. The molecule has 6 nitrogen and oxygen atoms in total. The Labute approximate surface area is 203 Å². The first-order valence-corrected chi connectivity index (χ1v) is 11.7. The lowest BCUT2D eigenvalue weighted by Gasteiger charge is -2.39. The van der Waals surface area contributed by atoms with Crippen LogP contribution >= 0.6 is 0 Å². The van der Waals surface area contributed by atoms with Crippen LogP contribution in [-0.4, -0.2) is 58.6 Å². The topological polar surface area (TPSA) is 59.5 Å². The van der Waals surface area contributed by atoms with E-state index in [9.17, 15) is 0 Å². The molecule has 2 heterocycles. The molecule has 1 aliphatic rings. The van der Waals surface area contributed by atoms with E-state index in [-0.39, 0.29) is 18.2 Å². The van der Waals surface area contributed by atoms with E-state index in [4.69, 9.17) is 14.5 Å². The second-order valence-corrected chi connectivity index (χ2v) is 10.2. The molecule has 0 aliphatic carbocycles. The highest BCUT2D eigenvalue weighted by Gasteiger charge is 2.31. The van der Waals surface area contributed by atoms with Gasteiger partial charge in [-0.05, 0) is 44.9 Å². The molecule has 3 aromatic rings. The summed E-state index contributed by atoms with van der Waals surface area (Å²) in [7, 11) is 7.11. The van der Waals surface area contributed by atoms with Gasteiger partial charge in [-0.15, -0.1) is 0 Å². The number of aromatic nitrogens is 2. The van der Waals surface area contributed by atoms with Crippen molar-refractivity contribution in [2.24, 2.45) is 0 Å². The van der Waals surface area contributed by atoms with Crippen LogP contribution in [0.15, 0.2) is 30.3 Å². The van der Waals surface area contributed by atoms with Gasteiger partial charge in [-0.1, -0.05) is 23.7 Å². The number of nitrogens with one attached hydrogen (secondary N) is 1. The van der Waals surface area contributed by atoms with Crippen LogP contribution in [0.2, 0.25) is 0 Å². The van der Waals surface area contributed by atoms with Gasteiger partial charge >= 0.3 is 0 Å². The molecule has 34 heavy (non-hydrogen) atoms. The Morgan fingerprint density at radius 1 is 1.32 bits per heavy atom. The SMILES string of the molecule is Bc1c([C@@H](C)Nc2nc(C)nc3cc4c(cc23)N(C)CC(C)(C)O4)cccc1C(B)(F)COC. The number of methoxy groups -OCH3 is 1. The average Bonchev–Trinajstić information content (AvgIpc) is 2.71. The number of hydrogen-bond acceptors (Lipinski definition) is 6. The Bertz CT molecular complexity index is 1240. The van der Waals surface area contributed by atoms with Crippen molar-refractivity contribution >= 4 is 43.6 Å². The molecule has 0 bridgehead atoms. The summed E-state index contributed by atoms with van der Waals surface area (Å²) < 4.78 is 26.6. The minimum absolute atomic E-state index is 0.00630. The van der Waals surface area contributed by atoms with Crippen LogP contribution in [-0.2, 0) is 10.3 Å². The van der Waals surface area contributed by atoms with Crippen molar-refractivity contribution in [3.63, 3.8) is 0 Å². The fourth-order valence-electron chi connectivity index (χ4n) is 5.06. The van der Waals surface area contributed by atoms with Crippen LogP contribution in [0.3, 0.4) is 0 Å². The molecular formula is C25H33B2FN4O2. The number of likely N-dealkylation sites (N-methyl/N-ethyl adjacent to an activating group) is 1. The van der Waals surface area contributed by atoms with Gasteiger partial charge in [0.15, 0.2) is 7.85 Å². The molecule has 2 atom stereocenters. The summed E-state index contributed by atoms with van der Waals surface area (Å²) in [5.41, 5.74) is 2.57. The number of rotatable bonds is 6. The molecule has 4 rings (SSSR count). The van der Waals surface area contributed by atoms with Gasteiger partial charge < -0.3 is 19.7 Å². The summed E-state index contributed by atoms with van der Waals surface area (Å²) in [4.78, 5) is 11.6. The molecule has 178 valence electrons. The van der Waals surface area contributed by atoms with Crippen LogP contribution < -0.4 is 20.4 Å². The number of ether oxygens (including phenoxy) is 2. The zero-order valence-electron chi connectivity index (χ0n) is 21.4. The van der Waals surface area contributed by atoms with Gasteiger partial charge in [-0.25, -0.2) is 14.4 Å². The third-order valence-corrected chi connectivity index (χ3v) is 6.48. The van der Waals surface area contributed by atoms with Crippen molar-refractivity contribution in [2.45, 2.75) is 44.9 Å². The summed E-state index contributed by atoms with van der Waals surface area (Å²) in [6.45, 7) is 8.91. The maximum atomic E-state index is 15.3. The Morgan fingerprint density at radius 2 is 2.06 bits per heavy atom. The fraction of sp³-hybridized carbons (Fsp3) is 0.440. The zero-order chi connectivity index (χ0) is 24.8. The standard InChI is InChI=1S/C25H33B2FN4O2/c1-14(16-8-7-9-18(22(16)26)25(27,28)13-33-6)29-23-17-10-20-21(11-19(17)30-15(2)31-23)34-24(3,4)12-32(20)5/h7-11,14H,12-13,26-27H2,1-6H3,(H,29,30,31)/t14-,25?/m1/s1. The molecule has 0 saturated heterocycles. The van der Waals surface area contributed by atoms with Crippen molar-refractivity contribution < 1.29 is 13.9 Å². The minimum Gasteiger partial charge on any atom is -0.484 e. The second kappa shape index (κ2) is 8.77. The largest absolute Gasteiger partial charge is 0.484 e. The maximum Gasteiger partial charge on any atom is 0.159 e. The summed E-state index contributed by atoms with van der Waals surface area (Å²) in [5, 5.41) is 4.49. The lowest BCUT2D eigenvalue weighted by molar-refractivity contribution is 0.0977. The lowest BCUT2D eigenvalue weighted by atomic mass is 9.70. The first kappa shape index (κ1) is 24.3. The molecule has 0 saturated carbocycles. The number of aryl methyl sites for hydroxylation is 1. The summed E-state index contributed by atoms with van der Waals surface area (Å²) in [6, 6.07) is 9.75. The van der Waals surface area contributed by atoms with Crippen LogP contribution in [0.5, 0.6) is 5.75 Å². The van der Waals surface area contributed by atoms with E-state index in [1.54, 1.807) is 7.85 Å². The van der Waals surface area contributed by atoms with Gasteiger partial charge in [0.05, 0.1) is 24.4 Å².